The molecule has 0 radical (unpaired) electrons. The Hall–Kier alpha value is -2.93. The average molecular weight is 405 g/mol. The van der Waals surface area contributed by atoms with Gasteiger partial charge in [0.1, 0.15) is 17.8 Å². The number of aryl methyl sites for hydroxylation is 2. The zero-order valence-electron chi connectivity index (χ0n) is 17.5. The molecule has 1 amide bonds. The van der Waals surface area contributed by atoms with E-state index in [4.69, 9.17) is 0 Å². The highest BCUT2D eigenvalue weighted by Crippen LogP contribution is 2.46. The molecule has 4 heterocycles. The SMILES string of the molecule is CCn1cnnc1CN1C[C@H]2CN(C(=O)c3ccc[nH]3)[C@H](c3ccccc3C)[C@H]2C1. The number of carbonyl (C=O) groups is 1. The van der Waals surface area contributed by atoms with E-state index in [2.05, 4.69) is 67.7 Å². The molecule has 5 rings (SSSR count). The minimum Gasteiger partial charge on any atom is -0.357 e. The summed E-state index contributed by atoms with van der Waals surface area (Å²) in [7, 11) is 0. The highest BCUT2D eigenvalue weighted by Gasteiger charge is 2.49. The number of amides is 1. The van der Waals surface area contributed by atoms with Crippen LogP contribution in [0.4, 0.5) is 0 Å². The molecule has 0 saturated carbocycles. The van der Waals surface area contributed by atoms with Gasteiger partial charge in [-0.3, -0.25) is 9.69 Å². The van der Waals surface area contributed by atoms with Crippen molar-refractivity contribution < 1.29 is 4.79 Å². The summed E-state index contributed by atoms with van der Waals surface area (Å²) in [5, 5.41) is 8.39. The van der Waals surface area contributed by atoms with Crippen molar-refractivity contribution in [1.82, 2.24) is 29.5 Å². The molecule has 0 bridgehead atoms. The Morgan fingerprint density at radius 3 is 2.80 bits per heavy atom. The van der Waals surface area contributed by atoms with Gasteiger partial charge in [-0.2, -0.15) is 0 Å². The number of nitrogens with one attached hydrogen (secondary N) is 1. The van der Waals surface area contributed by atoms with Crippen LogP contribution >= 0.6 is 0 Å². The van der Waals surface area contributed by atoms with Crippen LogP contribution in [0.1, 0.15) is 40.4 Å². The van der Waals surface area contributed by atoms with E-state index in [1.165, 1.54) is 11.1 Å². The number of hydrogen-bond donors (Lipinski definition) is 1. The van der Waals surface area contributed by atoms with Gasteiger partial charge in [-0.1, -0.05) is 24.3 Å². The molecule has 1 N–H and O–H groups in total. The predicted molar refractivity (Wildman–Crippen MR) is 114 cm³/mol. The summed E-state index contributed by atoms with van der Waals surface area (Å²) < 4.78 is 2.11. The molecule has 156 valence electrons. The molecule has 2 aliphatic rings. The first kappa shape index (κ1) is 19.1. The quantitative estimate of drug-likeness (QED) is 0.710. The van der Waals surface area contributed by atoms with Crippen LogP contribution in [0.15, 0.2) is 48.9 Å². The van der Waals surface area contributed by atoms with Crippen molar-refractivity contribution in [3.63, 3.8) is 0 Å². The first-order valence-electron chi connectivity index (χ1n) is 10.7. The first-order valence-corrected chi connectivity index (χ1v) is 10.7. The maximum Gasteiger partial charge on any atom is 0.270 e. The van der Waals surface area contributed by atoms with Gasteiger partial charge in [0.25, 0.3) is 5.91 Å². The van der Waals surface area contributed by atoms with Crippen molar-refractivity contribution in [2.24, 2.45) is 11.8 Å². The number of benzene rings is 1. The normalized spacial score (nSPS) is 23.8. The molecule has 2 aliphatic heterocycles. The van der Waals surface area contributed by atoms with E-state index in [0.717, 1.165) is 38.5 Å². The Kier molecular flexibility index (Phi) is 4.90. The molecule has 7 heteroatoms. The number of fused-ring (bicyclic) bond motifs is 1. The summed E-state index contributed by atoms with van der Waals surface area (Å²) in [5.41, 5.74) is 3.18. The van der Waals surface area contributed by atoms with E-state index in [1.54, 1.807) is 6.33 Å². The van der Waals surface area contributed by atoms with Crippen LogP contribution in [-0.4, -0.2) is 55.1 Å². The van der Waals surface area contributed by atoms with Crippen LogP contribution < -0.4 is 0 Å². The number of hydrogen-bond acceptors (Lipinski definition) is 4. The molecule has 1 aromatic carbocycles. The molecule has 3 atom stereocenters. The maximum atomic E-state index is 13.3. The van der Waals surface area contributed by atoms with Crippen LogP contribution in [0, 0.1) is 18.8 Å². The smallest absolute Gasteiger partial charge is 0.270 e. The average Bonchev–Trinajstić information content (AvgIpc) is 3.52. The highest BCUT2D eigenvalue weighted by molar-refractivity contribution is 5.93. The first-order chi connectivity index (χ1) is 14.7. The molecule has 0 spiro atoms. The van der Waals surface area contributed by atoms with Gasteiger partial charge >= 0.3 is 0 Å². The van der Waals surface area contributed by atoms with Crippen molar-refractivity contribution >= 4 is 5.91 Å². The van der Waals surface area contributed by atoms with Gasteiger partial charge in [-0.25, -0.2) is 0 Å². The number of aromatic nitrogens is 4. The fourth-order valence-corrected chi connectivity index (χ4v) is 5.28. The molecule has 2 saturated heterocycles. The van der Waals surface area contributed by atoms with Gasteiger partial charge in [0.2, 0.25) is 0 Å². The van der Waals surface area contributed by atoms with Crippen molar-refractivity contribution in [2.75, 3.05) is 19.6 Å². The second kappa shape index (κ2) is 7.72. The summed E-state index contributed by atoms with van der Waals surface area (Å²) >= 11 is 0. The van der Waals surface area contributed by atoms with Gasteiger partial charge < -0.3 is 14.5 Å². The fourth-order valence-electron chi connectivity index (χ4n) is 5.28. The maximum absolute atomic E-state index is 13.3. The summed E-state index contributed by atoms with van der Waals surface area (Å²) in [6.45, 7) is 8.70. The second-order valence-corrected chi connectivity index (χ2v) is 8.49. The number of rotatable bonds is 5. The van der Waals surface area contributed by atoms with Crippen LogP contribution in [0.25, 0.3) is 0 Å². The van der Waals surface area contributed by atoms with Crippen LogP contribution in [0.5, 0.6) is 0 Å². The van der Waals surface area contributed by atoms with E-state index in [9.17, 15) is 4.79 Å². The highest BCUT2D eigenvalue weighted by atomic mass is 16.2. The third-order valence-electron chi connectivity index (χ3n) is 6.74. The van der Waals surface area contributed by atoms with Gasteiger partial charge in [-0.15, -0.1) is 10.2 Å². The lowest BCUT2D eigenvalue weighted by Gasteiger charge is -2.30. The largest absolute Gasteiger partial charge is 0.357 e. The van der Waals surface area contributed by atoms with Gasteiger partial charge in [0.15, 0.2) is 0 Å². The monoisotopic (exact) mass is 404 g/mol. The van der Waals surface area contributed by atoms with E-state index in [0.29, 0.717) is 17.5 Å². The predicted octanol–water partition coefficient (Wildman–Crippen LogP) is 2.88. The summed E-state index contributed by atoms with van der Waals surface area (Å²) in [6, 6.07) is 12.4. The van der Waals surface area contributed by atoms with Gasteiger partial charge in [0, 0.05) is 38.3 Å². The lowest BCUT2D eigenvalue weighted by Crippen LogP contribution is -2.36. The number of aromatic amines is 1. The third-order valence-corrected chi connectivity index (χ3v) is 6.74. The van der Waals surface area contributed by atoms with Crippen LogP contribution in [0.2, 0.25) is 0 Å². The Bertz CT molecular complexity index is 1030. The van der Waals surface area contributed by atoms with Crippen molar-refractivity contribution in [3.8, 4) is 0 Å². The fraction of sp³-hybridized carbons (Fsp3) is 0.435. The van der Waals surface area contributed by atoms with Crippen LogP contribution in [0.3, 0.4) is 0 Å². The Morgan fingerprint density at radius 2 is 2.03 bits per heavy atom. The van der Waals surface area contributed by atoms with E-state index in [-0.39, 0.29) is 11.9 Å². The van der Waals surface area contributed by atoms with E-state index in [1.807, 2.05) is 18.3 Å². The summed E-state index contributed by atoms with van der Waals surface area (Å²) in [4.78, 5) is 21.0. The van der Waals surface area contributed by atoms with Gasteiger partial charge in [0.05, 0.1) is 12.6 Å². The number of nitrogens with zero attached hydrogens (tertiary/aromatic N) is 5. The topological polar surface area (TPSA) is 70.1 Å². The zero-order chi connectivity index (χ0) is 20.7. The number of H-pyrrole nitrogens is 1. The molecular formula is C23H28N6O. The van der Waals surface area contributed by atoms with E-state index < -0.39 is 0 Å². The van der Waals surface area contributed by atoms with Crippen molar-refractivity contribution in [2.45, 2.75) is 33.0 Å². The number of likely N-dealkylation sites (tertiary alicyclic amines) is 2. The van der Waals surface area contributed by atoms with Gasteiger partial charge in [-0.05, 0) is 43.0 Å². The zero-order valence-corrected chi connectivity index (χ0v) is 17.5. The Morgan fingerprint density at radius 1 is 1.17 bits per heavy atom. The lowest BCUT2D eigenvalue weighted by molar-refractivity contribution is 0.0693. The third kappa shape index (κ3) is 3.23. The summed E-state index contributed by atoms with van der Waals surface area (Å²) in [5.74, 6) is 2.00. The molecule has 0 unspecified atom stereocenters. The standard InChI is InChI=1S/C23H28N6O/c1-3-28-15-25-26-21(28)14-27-11-17-12-29(23(30)20-9-6-10-24-20)22(19(17)13-27)18-8-5-4-7-16(18)2/h4-10,15,17,19,22,24H,3,11-14H2,1-2H3/t17-,19-,22+/m0/s1. The molecule has 30 heavy (non-hydrogen) atoms. The lowest BCUT2D eigenvalue weighted by atomic mass is 9.87. The molecule has 2 aromatic heterocycles. The van der Waals surface area contributed by atoms with Crippen molar-refractivity contribution in [1.29, 1.82) is 0 Å². The molecule has 0 aliphatic carbocycles. The Balaban J connectivity index is 1.42. The second-order valence-electron chi connectivity index (χ2n) is 8.49. The molecule has 7 nitrogen and oxygen atoms in total. The Labute approximate surface area is 176 Å². The van der Waals surface area contributed by atoms with Crippen LogP contribution in [-0.2, 0) is 13.1 Å². The van der Waals surface area contributed by atoms with E-state index >= 15 is 0 Å². The molecular weight excluding hydrogens is 376 g/mol. The van der Waals surface area contributed by atoms with Crippen molar-refractivity contribution in [3.05, 3.63) is 71.6 Å². The summed E-state index contributed by atoms with van der Waals surface area (Å²) in [6.07, 6.45) is 3.62. The minimum atomic E-state index is 0.0972. The molecule has 2 fully saturated rings. The minimum absolute atomic E-state index is 0.0972. The number of carbonyl (C=O) groups excluding carboxylic acids is 1. The molecule has 3 aromatic rings.